The van der Waals surface area contributed by atoms with Crippen LogP contribution in [-0.4, -0.2) is 102 Å². The van der Waals surface area contributed by atoms with E-state index >= 15 is 0 Å². The van der Waals surface area contributed by atoms with Crippen molar-refractivity contribution >= 4 is 38.1 Å². The van der Waals surface area contributed by atoms with Gasteiger partial charge in [-0.3, -0.25) is 19.7 Å². The summed E-state index contributed by atoms with van der Waals surface area (Å²) >= 11 is 0. The first-order valence-electron chi connectivity index (χ1n) is 40.6. The van der Waals surface area contributed by atoms with E-state index in [2.05, 4.69) is 155 Å². The molecular weight excluding hydrogens is 1240 g/mol. The van der Waals surface area contributed by atoms with E-state index in [1.807, 2.05) is 37.2 Å². The molecule has 6 spiro atoms. The number of hydrogen-bond donors (Lipinski definition) is 0. The summed E-state index contributed by atoms with van der Waals surface area (Å²) in [6.45, 7) is 12.9. The van der Waals surface area contributed by atoms with Gasteiger partial charge in [-0.25, -0.2) is 0 Å². The van der Waals surface area contributed by atoms with Crippen molar-refractivity contribution in [3.05, 3.63) is 197 Å². The number of benzene rings is 3. The minimum atomic E-state index is -0.294. The smallest absolute Gasteiger partial charge is 0.136 e. The van der Waals surface area contributed by atoms with Gasteiger partial charge in [0.1, 0.15) is 5.78 Å². The average Bonchev–Trinajstić information content (AvgIpc) is 1.56. The Kier molecular flexibility index (Phi) is 14.4. The van der Waals surface area contributed by atoms with E-state index < -0.39 is 0 Å². The second-order valence-electron chi connectivity index (χ2n) is 36.6. The molecule has 8 aliphatic heterocycles. The van der Waals surface area contributed by atoms with Crippen molar-refractivity contribution in [3.8, 4) is 0 Å². The molecule has 6 bridgehead atoms. The van der Waals surface area contributed by atoms with Crippen LogP contribution in [0, 0.1) is 34.0 Å². The van der Waals surface area contributed by atoms with Crippen LogP contribution in [0.5, 0.6) is 0 Å². The van der Waals surface area contributed by atoms with Crippen molar-refractivity contribution < 1.29 is 19.0 Å². The van der Waals surface area contributed by atoms with Gasteiger partial charge in [-0.1, -0.05) is 93.6 Å². The second-order valence-corrected chi connectivity index (χ2v) is 36.6. The Labute approximate surface area is 599 Å². The van der Waals surface area contributed by atoms with Gasteiger partial charge in [0.2, 0.25) is 0 Å². The molecule has 0 radical (unpaired) electrons. The number of Topliss-reactive ketones (excluding diaryl/α,β-unsaturated/α-hetero) is 1. The van der Waals surface area contributed by atoms with Gasteiger partial charge < -0.3 is 24.0 Å². The molecule has 9 aliphatic carbocycles. The normalized spacial score (nSPS) is 41.9. The molecule has 11 fully saturated rings. The lowest BCUT2D eigenvalue weighted by molar-refractivity contribution is -0.146. The summed E-state index contributed by atoms with van der Waals surface area (Å²) in [6.07, 6.45) is 60.5. The number of rotatable bonds is 5. The summed E-state index contributed by atoms with van der Waals surface area (Å²) in [5.74, 6) is 3.87. The molecule has 5 saturated heterocycles. The van der Waals surface area contributed by atoms with Crippen LogP contribution in [0.25, 0.3) is 32.3 Å². The van der Waals surface area contributed by atoms with Gasteiger partial charge in [-0.05, 0) is 348 Å². The SMILES string of the molecule is C[C@]12CC=C3C=C4CCC(=O)C[C@]45CC[C@]3(O5)[C@@H]1CC[C@@H]2c1ccc2ccncc2c1.C[C@]12CC=C3C=C4CC[C@@H](N5CCCC5)C[C@]45CC[C@]3(O5)[C@@H]1CC[C@@H]2c1ccc2ccncc2c1.C[C@]12CC=C3C=C4CC[C@H](N5CCCC5)C[C@]45CC[C@]3(O5)[C@@H]1CC[C@@H]2c1ccc2ccncc2c1. The van der Waals surface area contributed by atoms with E-state index in [0.29, 0.717) is 54.1 Å². The number of carbonyl (C=O) groups is 1. The third-order valence-electron chi connectivity index (χ3n) is 32.3. The number of pyridine rings is 3. The lowest BCUT2D eigenvalue weighted by Gasteiger charge is -2.55. The quantitative estimate of drug-likeness (QED) is 0.167. The van der Waals surface area contributed by atoms with Crippen LogP contribution in [0.3, 0.4) is 0 Å². The number of nitrogens with zero attached hydrogens (tertiary/aromatic N) is 5. The predicted molar refractivity (Wildman–Crippen MR) is 401 cm³/mol. The summed E-state index contributed by atoms with van der Waals surface area (Å²) in [4.78, 5) is 31.1. The highest BCUT2D eigenvalue weighted by Gasteiger charge is 2.70. The molecule has 0 amide bonds. The summed E-state index contributed by atoms with van der Waals surface area (Å²) in [6, 6.07) is 29.0. The van der Waals surface area contributed by atoms with Gasteiger partial charge in [0.25, 0.3) is 0 Å². The molecule has 17 atom stereocenters. The summed E-state index contributed by atoms with van der Waals surface area (Å²) < 4.78 is 22.2. The van der Waals surface area contributed by atoms with E-state index in [-0.39, 0.29) is 49.9 Å². The molecule has 3 aromatic carbocycles. The largest absolute Gasteiger partial charge is 0.359 e. The fraction of sp³-hybridized carbons (Fsp3) is 0.565. The Hall–Kier alpha value is -6.20. The predicted octanol–water partition coefficient (Wildman–Crippen LogP) is 19.9. The zero-order valence-electron chi connectivity index (χ0n) is 60.5. The molecule has 3 aromatic heterocycles. The number of fused-ring (bicyclic) bond motifs is 6. The molecule has 6 saturated carbocycles. The van der Waals surface area contributed by atoms with E-state index in [4.69, 9.17) is 14.2 Å². The lowest BCUT2D eigenvalue weighted by Crippen LogP contribution is -2.55. The fourth-order valence-corrected chi connectivity index (χ4v) is 27.4. The molecule has 9 nitrogen and oxygen atoms in total. The maximum absolute atomic E-state index is 12.4. The van der Waals surface area contributed by atoms with Crippen molar-refractivity contribution in [2.75, 3.05) is 26.2 Å². The number of hydrogen-bond acceptors (Lipinski definition) is 9. The van der Waals surface area contributed by atoms with Gasteiger partial charge in [0.05, 0.1) is 33.6 Å². The molecule has 6 aromatic rings. The first-order valence-corrected chi connectivity index (χ1v) is 40.6. The maximum atomic E-state index is 12.4. The summed E-state index contributed by atoms with van der Waals surface area (Å²) in [5.41, 5.74) is 13.8. The number of carbonyl (C=O) groups excluding carboxylic acids is 1. The molecule has 23 rings (SSSR count). The van der Waals surface area contributed by atoms with E-state index in [0.717, 1.165) is 37.8 Å². The van der Waals surface area contributed by atoms with Crippen LogP contribution in [-0.2, 0) is 19.0 Å². The van der Waals surface area contributed by atoms with Gasteiger partial charge in [-0.15, -0.1) is 0 Å². The Morgan fingerprint density at radius 2 is 0.762 bits per heavy atom. The second kappa shape index (κ2) is 22.9. The molecular formula is C92H105N5O4. The molecule has 17 aliphatic rings. The monoisotopic (exact) mass is 1340 g/mol. The minimum Gasteiger partial charge on any atom is -0.359 e. The van der Waals surface area contributed by atoms with Crippen LogP contribution >= 0.6 is 0 Å². The van der Waals surface area contributed by atoms with Crippen molar-refractivity contribution in [2.45, 2.75) is 264 Å². The van der Waals surface area contributed by atoms with Crippen LogP contribution in [0.4, 0.5) is 0 Å². The highest BCUT2D eigenvalue weighted by Crippen LogP contribution is 2.73. The number of ketones is 1. The van der Waals surface area contributed by atoms with Crippen LogP contribution in [0.15, 0.2) is 180 Å². The molecule has 0 unspecified atom stereocenters. The third-order valence-corrected chi connectivity index (χ3v) is 32.3. The van der Waals surface area contributed by atoms with Crippen LogP contribution in [0.2, 0.25) is 0 Å². The standard InChI is InChI=1S/2C32H38N2O.C28H29NO2/c2*1-30-12-10-26-19-25-6-7-27(34-16-2-3-17-34)20-31(25)13-14-32(26,35-31)29(30)9-8-28(30)23-5-4-22-11-15-33-21-24(22)18-23;1-26-10-8-22-15-21-4-5-23(30)16-27(21)11-12-28(22,31-27)25(26)7-6-24(26)19-3-2-18-9-13-29-17-20(18)14-19/h2*4-5,10-11,15,18-19,21,27-29H,2-3,6-9,12-14,16-17,20H2,1H3;2-3,8-9,13-15,17,24-25H,4-7,10-12,16H2,1H3/t27-,28+,29+,30+,31+,32+;27-,28-,29-,30-,31-,32-;24-,25-,26-,27-,28-/m011/s1. The van der Waals surface area contributed by atoms with Gasteiger partial charge in [0.15, 0.2) is 0 Å². The third kappa shape index (κ3) is 9.28. The lowest BCUT2D eigenvalue weighted by atomic mass is 9.58. The van der Waals surface area contributed by atoms with E-state index in [1.165, 1.54) is 228 Å². The average molecular weight is 1340 g/mol. The first kappa shape index (κ1) is 63.3. The van der Waals surface area contributed by atoms with Crippen molar-refractivity contribution in [1.29, 1.82) is 0 Å². The zero-order chi connectivity index (χ0) is 67.4. The Bertz CT molecular complexity index is 4430. The first-order chi connectivity index (χ1) is 49.2. The van der Waals surface area contributed by atoms with Crippen molar-refractivity contribution in [2.24, 2.45) is 34.0 Å². The molecule has 9 heteroatoms. The van der Waals surface area contributed by atoms with Gasteiger partial charge >= 0.3 is 0 Å². The topological polar surface area (TPSA) is 89.9 Å². The molecule has 522 valence electrons. The van der Waals surface area contributed by atoms with Gasteiger partial charge in [-0.2, -0.15) is 0 Å². The van der Waals surface area contributed by atoms with Crippen molar-refractivity contribution in [3.63, 3.8) is 0 Å². The van der Waals surface area contributed by atoms with E-state index in [1.54, 1.807) is 22.3 Å². The Morgan fingerprint density at radius 1 is 0.396 bits per heavy atom. The zero-order valence-corrected chi connectivity index (χ0v) is 60.5. The maximum Gasteiger partial charge on any atom is 0.136 e. The van der Waals surface area contributed by atoms with Gasteiger partial charge in [0, 0.05) is 78.3 Å². The Balaban J connectivity index is 0.0000000991. The fourth-order valence-electron chi connectivity index (χ4n) is 27.4. The summed E-state index contributed by atoms with van der Waals surface area (Å²) in [7, 11) is 0. The van der Waals surface area contributed by atoms with E-state index in [9.17, 15) is 4.79 Å². The number of aromatic nitrogens is 3. The van der Waals surface area contributed by atoms with Crippen LogP contribution < -0.4 is 0 Å². The molecule has 11 heterocycles. The van der Waals surface area contributed by atoms with Crippen molar-refractivity contribution in [1.82, 2.24) is 24.8 Å². The summed E-state index contributed by atoms with van der Waals surface area (Å²) in [5, 5.41) is 7.64. The van der Waals surface area contributed by atoms with Crippen LogP contribution in [0.1, 0.15) is 235 Å². The number of likely N-dealkylation sites (tertiary alicyclic amines) is 2. The number of allylic oxidation sites excluding steroid dienone is 3. The molecule has 101 heavy (non-hydrogen) atoms. The highest BCUT2D eigenvalue weighted by atomic mass is 16.5. The number of ether oxygens (including phenoxy) is 3. The molecule has 0 N–H and O–H groups in total. The Morgan fingerprint density at radius 3 is 1.16 bits per heavy atom. The highest BCUT2D eigenvalue weighted by molar-refractivity contribution is 5.85. The minimum absolute atomic E-state index is 0.0216.